The van der Waals surface area contributed by atoms with Gasteiger partial charge in [0.25, 0.3) is 10.1 Å². The third-order valence-corrected chi connectivity index (χ3v) is 2.28. The average Bonchev–Trinajstić information content (AvgIpc) is 2.14. The molecule has 0 fully saturated rings. The first-order valence-corrected chi connectivity index (χ1v) is 5.09. The van der Waals surface area contributed by atoms with Crippen LogP contribution in [0.4, 0.5) is 5.69 Å². The van der Waals surface area contributed by atoms with Crippen LogP contribution in [0.2, 0.25) is 0 Å². The van der Waals surface area contributed by atoms with E-state index < -0.39 is 10.1 Å². The van der Waals surface area contributed by atoms with E-state index in [9.17, 15) is 8.42 Å². The molecule has 6 nitrogen and oxygen atoms in total. The van der Waals surface area contributed by atoms with E-state index in [1.165, 1.54) is 25.3 Å². The van der Waals surface area contributed by atoms with Crippen molar-refractivity contribution in [3.05, 3.63) is 24.3 Å². The third-order valence-electron chi connectivity index (χ3n) is 1.43. The molecule has 1 aromatic carbocycles. The molecular weight excluding hydrogens is 208 g/mol. The van der Waals surface area contributed by atoms with Crippen molar-refractivity contribution in [1.29, 1.82) is 0 Å². The summed E-state index contributed by atoms with van der Waals surface area (Å²) >= 11 is 0. The summed E-state index contributed by atoms with van der Waals surface area (Å²) in [5.41, 5.74) is 5.34. The molecule has 0 aliphatic carbocycles. The van der Waals surface area contributed by atoms with E-state index in [-0.39, 0.29) is 4.90 Å². The first-order valence-electron chi connectivity index (χ1n) is 3.65. The molecule has 0 saturated carbocycles. The van der Waals surface area contributed by atoms with Crippen molar-refractivity contribution < 1.29 is 17.8 Å². The first kappa shape index (κ1) is 10.9. The van der Waals surface area contributed by atoms with Gasteiger partial charge < -0.3 is 0 Å². The number of benzene rings is 1. The Morgan fingerprint density at radius 1 is 1.43 bits per heavy atom. The van der Waals surface area contributed by atoms with Crippen LogP contribution in [0.1, 0.15) is 0 Å². The first-order chi connectivity index (χ1) is 6.54. The van der Waals surface area contributed by atoms with Crippen LogP contribution < -0.4 is 11.0 Å². The topological polar surface area (TPSA) is 87.7 Å². The van der Waals surface area contributed by atoms with Crippen LogP contribution in [0.3, 0.4) is 0 Å². The minimum absolute atomic E-state index is 0.180. The Hall–Kier alpha value is -1.15. The molecule has 0 spiro atoms. The number of rotatable bonds is 4. The second-order valence-electron chi connectivity index (χ2n) is 2.43. The zero-order chi connectivity index (χ0) is 10.6. The number of anilines is 1. The van der Waals surface area contributed by atoms with Gasteiger partial charge in [0.1, 0.15) is 0 Å². The lowest BCUT2D eigenvalue weighted by Crippen LogP contribution is -2.19. The van der Waals surface area contributed by atoms with Crippen molar-refractivity contribution >= 4 is 15.8 Å². The number of hydrogen-bond donors (Lipinski definition) is 3. The maximum atomic E-state index is 10.7. The van der Waals surface area contributed by atoms with E-state index in [2.05, 4.69) is 15.9 Å². The molecule has 0 saturated heterocycles. The van der Waals surface area contributed by atoms with Crippen LogP contribution in [-0.4, -0.2) is 20.1 Å². The van der Waals surface area contributed by atoms with Gasteiger partial charge in [-0.05, 0) is 18.2 Å². The summed E-state index contributed by atoms with van der Waals surface area (Å²) in [5, 5.41) is 0. The van der Waals surface area contributed by atoms with Gasteiger partial charge >= 0.3 is 0 Å². The second kappa shape index (κ2) is 4.38. The van der Waals surface area contributed by atoms with Crippen molar-refractivity contribution in [2.75, 3.05) is 12.5 Å². The SMILES string of the molecule is CONNc1cccc(S(=O)(=O)O)c1. The van der Waals surface area contributed by atoms with Gasteiger partial charge in [-0.3, -0.25) is 14.8 Å². The van der Waals surface area contributed by atoms with Gasteiger partial charge in [0, 0.05) is 0 Å². The lowest BCUT2D eigenvalue weighted by molar-refractivity contribution is 0.111. The molecule has 0 amide bonds. The summed E-state index contributed by atoms with van der Waals surface area (Å²) in [5.74, 6) is 0. The predicted octanol–water partition coefficient (Wildman–Crippen LogP) is 0.411. The monoisotopic (exact) mass is 218 g/mol. The molecule has 1 aromatic rings. The Kier molecular flexibility index (Phi) is 3.42. The molecule has 7 heteroatoms. The highest BCUT2D eigenvalue weighted by atomic mass is 32.2. The Morgan fingerprint density at radius 2 is 2.14 bits per heavy atom. The molecule has 0 aliphatic heterocycles. The van der Waals surface area contributed by atoms with E-state index >= 15 is 0 Å². The third kappa shape index (κ3) is 2.96. The van der Waals surface area contributed by atoms with Gasteiger partial charge in [0.2, 0.25) is 0 Å². The summed E-state index contributed by atoms with van der Waals surface area (Å²) < 4.78 is 30.2. The highest BCUT2D eigenvalue weighted by Crippen LogP contribution is 2.13. The number of hydrazine groups is 1. The molecule has 0 radical (unpaired) electrons. The van der Waals surface area contributed by atoms with E-state index in [1.54, 1.807) is 6.07 Å². The summed E-state index contributed by atoms with van der Waals surface area (Å²) in [7, 11) is -2.76. The zero-order valence-corrected chi connectivity index (χ0v) is 8.21. The molecule has 3 N–H and O–H groups in total. The molecule has 0 bridgehead atoms. The predicted molar refractivity (Wildman–Crippen MR) is 50.0 cm³/mol. The fraction of sp³-hybridized carbons (Fsp3) is 0.143. The van der Waals surface area contributed by atoms with Crippen molar-refractivity contribution in [1.82, 2.24) is 5.59 Å². The van der Waals surface area contributed by atoms with Gasteiger partial charge in [-0.15, -0.1) is 5.59 Å². The van der Waals surface area contributed by atoms with Crippen LogP contribution in [0.25, 0.3) is 0 Å². The van der Waals surface area contributed by atoms with Crippen molar-refractivity contribution in [3.8, 4) is 0 Å². The summed E-state index contributed by atoms with van der Waals surface area (Å²) in [6.45, 7) is 0. The van der Waals surface area contributed by atoms with Crippen LogP contribution in [-0.2, 0) is 15.0 Å². The lowest BCUT2D eigenvalue weighted by atomic mass is 10.3. The Labute approximate surface area is 81.6 Å². The highest BCUT2D eigenvalue weighted by molar-refractivity contribution is 7.85. The van der Waals surface area contributed by atoms with Crippen molar-refractivity contribution in [2.45, 2.75) is 4.90 Å². The Morgan fingerprint density at radius 3 is 2.71 bits per heavy atom. The minimum atomic E-state index is -4.16. The summed E-state index contributed by atoms with van der Waals surface area (Å²) in [4.78, 5) is 4.32. The standard InChI is InChI=1S/C7H10N2O4S/c1-13-9-8-6-3-2-4-7(5-6)14(10,11)12/h2-5,8-9H,1H3,(H,10,11,12). The second-order valence-corrected chi connectivity index (χ2v) is 3.86. The van der Waals surface area contributed by atoms with Gasteiger partial charge in [0.15, 0.2) is 0 Å². The zero-order valence-electron chi connectivity index (χ0n) is 7.39. The molecule has 0 atom stereocenters. The van der Waals surface area contributed by atoms with Gasteiger partial charge in [-0.2, -0.15) is 8.42 Å². The molecule has 78 valence electrons. The molecule has 14 heavy (non-hydrogen) atoms. The fourth-order valence-electron chi connectivity index (χ4n) is 0.844. The highest BCUT2D eigenvalue weighted by Gasteiger charge is 2.08. The molecule has 0 unspecified atom stereocenters. The Bertz CT molecular complexity index is 404. The van der Waals surface area contributed by atoms with E-state index in [0.29, 0.717) is 5.69 Å². The fourth-order valence-corrected chi connectivity index (χ4v) is 1.37. The van der Waals surface area contributed by atoms with Crippen LogP contribution in [0.5, 0.6) is 0 Å². The summed E-state index contributed by atoms with van der Waals surface area (Å²) in [6.07, 6.45) is 0. The normalized spacial score (nSPS) is 11.3. The molecule has 1 rings (SSSR count). The Balaban J connectivity index is 2.90. The quantitative estimate of drug-likeness (QED) is 0.501. The smallest absolute Gasteiger partial charge is 0.294 e. The van der Waals surface area contributed by atoms with Crippen molar-refractivity contribution in [2.24, 2.45) is 0 Å². The minimum Gasteiger partial charge on any atom is -0.299 e. The van der Waals surface area contributed by atoms with Gasteiger partial charge in [0.05, 0.1) is 17.7 Å². The molecule has 0 aromatic heterocycles. The maximum Gasteiger partial charge on any atom is 0.294 e. The van der Waals surface area contributed by atoms with E-state index in [0.717, 1.165) is 0 Å². The number of hydrogen-bond acceptors (Lipinski definition) is 5. The largest absolute Gasteiger partial charge is 0.299 e. The van der Waals surface area contributed by atoms with Crippen LogP contribution >= 0.6 is 0 Å². The molecule has 0 heterocycles. The number of nitrogens with one attached hydrogen (secondary N) is 2. The molecule has 0 aliphatic rings. The van der Waals surface area contributed by atoms with Crippen LogP contribution in [0.15, 0.2) is 29.2 Å². The molecular formula is C7H10N2O4S. The van der Waals surface area contributed by atoms with Crippen LogP contribution in [0, 0.1) is 0 Å². The van der Waals surface area contributed by atoms with Crippen molar-refractivity contribution in [3.63, 3.8) is 0 Å². The van der Waals surface area contributed by atoms with Gasteiger partial charge in [-0.1, -0.05) is 6.07 Å². The lowest BCUT2D eigenvalue weighted by Gasteiger charge is -2.06. The average molecular weight is 218 g/mol. The van der Waals surface area contributed by atoms with E-state index in [1.807, 2.05) is 0 Å². The van der Waals surface area contributed by atoms with Gasteiger partial charge in [-0.25, -0.2) is 0 Å². The maximum absolute atomic E-state index is 10.7. The van der Waals surface area contributed by atoms with E-state index in [4.69, 9.17) is 4.55 Å². The summed E-state index contributed by atoms with van der Waals surface area (Å²) in [6, 6.07) is 5.65.